The molecule has 2 amide bonds. The maximum atomic E-state index is 11.6. The zero-order valence-corrected chi connectivity index (χ0v) is 11.1. The van der Waals surface area contributed by atoms with E-state index in [4.69, 9.17) is 10.5 Å². The van der Waals surface area contributed by atoms with E-state index < -0.39 is 6.04 Å². The van der Waals surface area contributed by atoms with Gasteiger partial charge in [0, 0.05) is 18.5 Å². The smallest absolute Gasteiger partial charge is 0.250 e. The third-order valence-corrected chi connectivity index (χ3v) is 2.49. The van der Waals surface area contributed by atoms with Gasteiger partial charge < -0.3 is 21.1 Å². The lowest BCUT2D eigenvalue weighted by Crippen LogP contribution is -2.34. The molecule has 6 nitrogen and oxygen atoms in total. The topological polar surface area (TPSA) is 93.5 Å². The van der Waals surface area contributed by atoms with Gasteiger partial charge >= 0.3 is 0 Å². The maximum absolute atomic E-state index is 11.6. The molecule has 0 heterocycles. The Balaban J connectivity index is 2.56. The summed E-state index contributed by atoms with van der Waals surface area (Å²) in [5.74, 6) is -0.453. The van der Waals surface area contributed by atoms with Crippen LogP contribution in [0.5, 0.6) is 0 Å². The number of benzene rings is 1. The largest absolute Gasteiger partial charge is 0.375 e. The SMILES string of the molecule is CCC(N)C(=O)Nc1ccc(NC(=O)COC)cc1. The lowest BCUT2D eigenvalue weighted by Gasteiger charge is -2.10. The van der Waals surface area contributed by atoms with Crippen molar-refractivity contribution in [2.45, 2.75) is 19.4 Å². The predicted octanol–water partition coefficient (Wildman–Crippen LogP) is 0.947. The molecule has 1 aromatic rings. The van der Waals surface area contributed by atoms with E-state index in [0.29, 0.717) is 17.8 Å². The van der Waals surface area contributed by atoms with Gasteiger partial charge in [-0.1, -0.05) is 6.92 Å². The Morgan fingerprint density at radius 2 is 1.74 bits per heavy atom. The van der Waals surface area contributed by atoms with E-state index in [9.17, 15) is 9.59 Å². The molecule has 0 saturated carbocycles. The highest BCUT2D eigenvalue weighted by Gasteiger charge is 2.10. The predicted molar refractivity (Wildman–Crippen MR) is 73.8 cm³/mol. The summed E-state index contributed by atoms with van der Waals surface area (Å²) >= 11 is 0. The highest BCUT2D eigenvalue weighted by Crippen LogP contribution is 2.13. The van der Waals surface area contributed by atoms with Crippen LogP contribution in [0.4, 0.5) is 11.4 Å². The fraction of sp³-hybridized carbons (Fsp3) is 0.385. The summed E-state index contributed by atoms with van der Waals surface area (Å²) in [6, 6.07) is 6.27. The molecule has 104 valence electrons. The standard InChI is InChI=1S/C13H19N3O3/c1-3-11(14)13(18)16-10-6-4-9(5-7-10)15-12(17)8-19-2/h4-7,11H,3,8,14H2,1-2H3,(H,15,17)(H,16,18). The summed E-state index contributed by atoms with van der Waals surface area (Å²) in [5, 5.41) is 5.35. The van der Waals surface area contributed by atoms with E-state index in [1.54, 1.807) is 24.3 Å². The summed E-state index contributed by atoms with van der Waals surface area (Å²) in [4.78, 5) is 22.8. The van der Waals surface area contributed by atoms with Crippen molar-refractivity contribution in [3.63, 3.8) is 0 Å². The van der Waals surface area contributed by atoms with Crippen LogP contribution >= 0.6 is 0 Å². The first kappa shape index (κ1) is 15.1. The van der Waals surface area contributed by atoms with Gasteiger partial charge in [0.2, 0.25) is 11.8 Å². The second-order valence-electron chi connectivity index (χ2n) is 4.06. The number of anilines is 2. The van der Waals surface area contributed by atoms with Crippen LogP contribution in [0.15, 0.2) is 24.3 Å². The van der Waals surface area contributed by atoms with Crippen LogP contribution in [-0.4, -0.2) is 31.6 Å². The van der Waals surface area contributed by atoms with Gasteiger partial charge in [0.15, 0.2) is 0 Å². The Morgan fingerprint density at radius 1 is 1.21 bits per heavy atom. The van der Waals surface area contributed by atoms with Gasteiger partial charge in [0.1, 0.15) is 6.61 Å². The molecule has 0 aliphatic heterocycles. The molecule has 4 N–H and O–H groups in total. The molecule has 0 spiro atoms. The van der Waals surface area contributed by atoms with E-state index in [1.165, 1.54) is 7.11 Å². The molecule has 0 bridgehead atoms. The molecule has 1 atom stereocenters. The first-order valence-electron chi connectivity index (χ1n) is 6.02. The van der Waals surface area contributed by atoms with Crippen molar-refractivity contribution in [3.8, 4) is 0 Å². The molecular weight excluding hydrogens is 246 g/mol. The normalized spacial score (nSPS) is 11.7. The molecule has 0 fully saturated rings. The lowest BCUT2D eigenvalue weighted by atomic mass is 10.2. The average Bonchev–Trinajstić information content (AvgIpc) is 2.40. The molecule has 0 saturated heterocycles. The molecular formula is C13H19N3O3. The number of rotatable bonds is 6. The van der Waals surface area contributed by atoms with Crippen LogP contribution in [-0.2, 0) is 14.3 Å². The molecule has 0 aliphatic carbocycles. The van der Waals surface area contributed by atoms with E-state index in [2.05, 4.69) is 10.6 Å². The second kappa shape index (κ2) is 7.50. The first-order chi connectivity index (χ1) is 9.06. The average molecular weight is 265 g/mol. The van der Waals surface area contributed by atoms with Gasteiger partial charge in [-0.15, -0.1) is 0 Å². The fourth-order valence-electron chi connectivity index (χ4n) is 1.39. The summed E-state index contributed by atoms with van der Waals surface area (Å²) in [6.07, 6.45) is 0.580. The summed E-state index contributed by atoms with van der Waals surface area (Å²) in [6.45, 7) is 1.85. The van der Waals surface area contributed by atoms with Gasteiger partial charge in [0.25, 0.3) is 0 Å². The Morgan fingerprint density at radius 3 is 2.21 bits per heavy atom. The minimum atomic E-state index is -0.513. The number of hydrogen-bond donors (Lipinski definition) is 3. The molecule has 1 unspecified atom stereocenters. The Labute approximate surface area is 112 Å². The van der Waals surface area contributed by atoms with E-state index >= 15 is 0 Å². The third-order valence-electron chi connectivity index (χ3n) is 2.49. The fourth-order valence-corrected chi connectivity index (χ4v) is 1.39. The monoisotopic (exact) mass is 265 g/mol. The molecule has 19 heavy (non-hydrogen) atoms. The summed E-state index contributed by atoms with van der Waals surface area (Å²) in [5.41, 5.74) is 6.89. The van der Waals surface area contributed by atoms with Crippen LogP contribution in [0.1, 0.15) is 13.3 Å². The van der Waals surface area contributed by atoms with Crippen molar-refractivity contribution in [3.05, 3.63) is 24.3 Å². The van der Waals surface area contributed by atoms with Crippen molar-refractivity contribution in [1.29, 1.82) is 0 Å². The molecule has 0 radical (unpaired) electrons. The Bertz CT molecular complexity index is 431. The number of carbonyl (C=O) groups excluding carboxylic acids is 2. The quantitative estimate of drug-likeness (QED) is 0.713. The summed E-state index contributed by atoms with van der Waals surface area (Å²) < 4.78 is 4.71. The van der Waals surface area contributed by atoms with E-state index in [1.807, 2.05) is 6.92 Å². The van der Waals surface area contributed by atoms with E-state index in [-0.39, 0.29) is 18.4 Å². The second-order valence-corrected chi connectivity index (χ2v) is 4.06. The first-order valence-corrected chi connectivity index (χ1v) is 6.02. The number of hydrogen-bond acceptors (Lipinski definition) is 4. The number of carbonyl (C=O) groups is 2. The van der Waals surface area contributed by atoms with Gasteiger partial charge in [0.05, 0.1) is 6.04 Å². The van der Waals surface area contributed by atoms with Gasteiger partial charge in [-0.2, -0.15) is 0 Å². The van der Waals surface area contributed by atoms with Crippen molar-refractivity contribution in [2.75, 3.05) is 24.4 Å². The molecule has 1 rings (SSSR count). The number of amides is 2. The highest BCUT2D eigenvalue weighted by atomic mass is 16.5. The van der Waals surface area contributed by atoms with Crippen LogP contribution in [0.25, 0.3) is 0 Å². The van der Waals surface area contributed by atoms with Crippen molar-refractivity contribution >= 4 is 23.2 Å². The number of ether oxygens (including phenoxy) is 1. The zero-order chi connectivity index (χ0) is 14.3. The lowest BCUT2D eigenvalue weighted by molar-refractivity contribution is -0.119. The van der Waals surface area contributed by atoms with Crippen molar-refractivity contribution in [2.24, 2.45) is 5.73 Å². The number of methoxy groups -OCH3 is 1. The molecule has 0 aliphatic rings. The maximum Gasteiger partial charge on any atom is 0.250 e. The number of nitrogens with two attached hydrogens (primary N) is 1. The van der Waals surface area contributed by atoms with Crippen LogP contribution in [0.2, 0.25) is 0 Å². The Kier molecular flexibility index (Phi) is 5.98. The molecule has 0 aromatic heterocycles. The summed E-state index contributed by atoms with van der Waals surface area (Å²) in [7, 11) is 1.45. The van der Waals surface area contributed by atoms with Crippen LogP contribution in [0, 0.1) is 0 Å². The van der Waals surface area contributed by atoms with Crippen molar-refractivity contribution in [1.82, 2.24) is 0 Å². The third kappa shape index (κ3) is 5.07. The number of nitrogens with one attached hydrogen (secondary N) is 2. The van der Waals surface area contributed by atoms with E-state index in [0.717, 1.165) is 0 Å². The molecule has 1 aromatic carbocycles. The highest BCUT2D eigenvalue weighted by molar-refractivity contribution is 5.95. The van der Waals surface area contributed by atoms with Crippen LogP contribution in [0.3, 0.4) is 0 Å². The van der Waals surface area contributed by atoms with Gasteiger partial charge in [-0.3, -0.25) is 9.59 Å². The van der Waals surface area contributed by atoms with Gasteiger partial charge in [-0.05, 0) is 30.7 Å². The van der Waals surface area contributed by atoms with Crippen molar-refractivity contribution < 1.29 is 14.3 Å². The van der Waals surface area contributed by atoms with Crippen LogP contribution < -0.4 is 16.4 Å². The minimum Gasteiger partial charge on any atom is -0.375 e. The Hall–Kier alpha value is -1.92. The van der Waals surface area contributed by atoms with Gasteiger partial charge in [-0.25, -0.2) is 0 Å². The molecule has 6 heteroatoms. The minimum absolute atomic E-state index is 0.00381. The zero-order valence-electron chi connectivity index (χ0n) is 11.1.